The van der Waals surface area contributed by atoms with E-state index in [0.29, 0.717) is 5.56 Å². The van der Waals surface area contributed by atoms with Gasteiger partial charge < -0.3 is 15.5 Å². The van der Waals surface area contributed by atoms with Gasteiger partial charge in [0.25, 0.3) is 5.91 Å². The molecule has 134 valence electrons. The predicted molar refractivity (Wildman–Crippen MR) is 85.2 cm³/mol. The van der Waals surface area contributed by atoms with Crippen molar-refractivity contribution >= 4 is 11.6 Å². The summed E-state index contributed by atoms with van der Waals surface area (Å²) in [7, 11) is 1.31. The van der Waals surface area contributed by atoms with E-state index in [0.717, 1.165) is 0 Å². The van der Waals surface area contributed by atoms with Gasteiger partial charge >= 0.3 is 0 Å². The standard InChI is InChI=1S/C16H18N2O7/c1-24-25-9-11-5-6-13(15(20)14(11)19)16(21)17-8-10-3-2-4-12(7-10)18(22)23/h2-7,19-20,22-23H,8-9H2,1H3,(H,17,21). The van der Waals surface area contributed by atoms with Crippen molar-refractivity contribution < 1.29 is 35.2 Å². The topological polar surface area (TPSA) is 132 Å². The van der Waals surface area contributed by atoms with E-state index in [1.165, 1.54) is 31.4 Å². The largest absolute Gasteiger partial charge is 0.504 e. The first-order valence-electron chi connectivity index (χ1n) is 7.18. The molecule has 0 fully saturated rings. The van der Waals surface area contributed by atoms with Crippen LogP contribution < -0.4 is 10.5 Å². The molecule has 0 aliphatic rings. The number of amides is 1. The lowest BCUT2D eigenvalue weighted by Crippen LogP contribution is -2.23. The van der Waals surface area contributed by atoms with Gasteiger partial charge in [0.2, 0.25) is 0 Å². The van der Waals surface area contributed by atoms with Crippen molar-refractivity contribution in [2.24, 2.45) is 0 Å². The number of phenolic OH excluding ortho intramolecular Hbond substituents is 2. The molecule has 0 atom stereocenters. The number of rotatable bonds is 7. The number of hydrogen-bond acceptors (Lipinski definition) is 8. The molecule has 0 radical (unpaired) electrons. The molecule has 0 saturated carbocycles. The van der Waals surface area contributed by atoms with Crippen LogP contribution in [0.4, 0.5) is 5.69 Å². The van der Waals surface area contributed by atoms with Crippen LogP contribution in [0.15, 0.2) is 36.4 Å². The first kappa shape index (κ1) is 18.5. The lowest BCUT2D eigenvalue weighted by atomic mass is 10.1. The molecule has 0 unspecified atom stereocenters. The maximum atomic E-state index is 12.2. The average Bonchev–Trinajstić information content (AvgIpc) is 2.61. The van der Waals surface area contributed by atoms with Gasteiger partial charge in [0, 0.05) is 12.1 Å². The van der Waals surface area contributed by atoms with Crippen molar-refractivity contribution in [2.75, 3.05) is 12.3 Å². The van der Waals surface area contributed by atoms with Gasteiger partial charge in [0.15, 0.2) is 11.5 Å². The van der Waals surface area contributed by atoms with Gasteiger partial charge in [-0.2, -0.15) is 0 Å². The normalized spacial score (nSPS) is 10.5. The Labute approximate surface area is 143 Å². The van der Waals surface area contributed by atoms with Crippen molar-refractivity contribution in [2.45, 2.75) is 13.2 Å². The van der Waals surface area contributed by atoms with E-state index in [1.54, 1.807) is 12.1 Å². The highest BCUT2D eigenvalue weighted by Crippen LogP contribution is 2.33. The maximum Gasteiger partial charge on any atom is 0.255 e. The third-order valence-corrected chi connectivity index (χ3v) is 3.41. The molecule has 0 spiro atoms. The second-order valence-corrected chi connectivity index (χ2v) is 5.04. The number of phenols is 2. The van der Waals surface area contributed by atoms with E-state index in [1.807, 2.05) is 0 Å². The summed E-state index contributed by atoms with van der Waals surface area (Å²) in [5, 5.41) is 40.4. The van der Waals surface area contributed by atoms with Gasteiger partial charge in [-0.25, -0.2) is 9.78 Å². The smallest absolute Gasteiger partial charge is 0.255 e. The summed E-state index contributed by atoms with van der Waals surface area (Å²) < 4.78 is 0. The zero-order valence-corrected chi connectivity index (χ0v) is 13.3. The Kier molecular flexibility index (Phi) is 6.14. The first-order chi connectivity index (χ1) is 11.9. The van der Waals surface area contributed by atoms with E-state index in [-0.39, 0.29) is 35.2 Å². The second-order valence-electron chi connectivity index (χ2n) is 5.04. The first-order valence-corrected chi connectivity index (χ1v) is 7.18. The van der Waals surface area contributed by atoms with Gasteiger partial charge in [0.1, 0.15) is 6.61 Å². The molecule has 2 aromatic carbocycles. The zero-order chi connectivity index (χ0) is 18.4. The Morgan fingerprint density at radius 2 is 1.92 bits per heavy atom. The monoisotopic (exact) mass is 350 g/mol. The zero-order valence-electron chi connectivity index (χ0n) is 13.3. The maximum absolute atomic E-state index is 12.2. The summed E-state index contributed by atoms with van der Waals surface area (Å²) in [6, 6.07) is 8.97. The van der Waals surface area contributed by atoms with Crippen LogP contribution in [0.25, 0.3) is 0 Å². The van der Waals surface area contributed by atoms with Crippen molar-refractivity contribution in [3.05, 3.63) is 53.1 Å². The number of benzene rings is 2. The Bertz CT molecular complexity index is 749. The molecular weight excluding hydrogens is 332 g/mol. The Balaban J connectivity index is 2.08. The highest BCUT2D eigenvalue weighted by atomic mass is 17.2. The minimum atomic E-state index is -0.609. The quantitative estimate of drug-likeness (QED) is 0.290. The van der Waals surface area contributed by atoms with Crippen LogP contribution in [-0.4, -0.2) is 33.6 Å². The van der Waals surface area contributed by atoms with Crippen LogP contribution in [-0.2, 0) is 22.9 Å². The highest BCUT2D eigenvalue weighted by Gasteiger charge is 2.17. The van der Waals surface area contributed by atoms with Crippen molar-refractivity contribution in [3.8, 4) is 11.5 Å². The summed E-state index contributed by atoms with van der Waals surface area (Å²) in [5.41, 5.74) is 0.887. The SMILES string of the molecule is COOCc1ccc(C(=O)NCc2cccc(N(O)O)c2)c(O)c1O. The molecule has 0 saturated heterocycles. The minimum absolute atomic E-state index is 0.0317. The average molecular weight is 350 g/mol. The molecule has 0 aliphatic carbocycles. The molecule has 25 heavy (non-hydrogen) atoms. The number of nitrogens with one attached hydrogen (secondary N) is 1. The molecule has 9 heteroatoms. The van der Waals surface area contributed by atoms with E-state index < -0.39 is 17.4 Å². The molecule has 9 nitrogen and oxygen atoms in total. The van der Waals surface area contributed by atoms with Crippen molar-refractivity contribution in [1.29, 1.82) is 0 Å². The summed E-state index contributed by atoms with van der Waals surface area (Å²) in [4.78, 5) is 21.3. The number of anilines is 1. The van der Waals surface area contributed by atoms with E-state index in [2.05, 4.69) is 15.1 Å². The van der Waals surface area contributed by atoms with Crippen LogP contribution in [0, 0.1) is 0 Å². The predicted octanol–water partition coefficient (Wildman–Crippen LogP) is 1.69. The van der Waals surface area contributed by atoms with Gasteiger partial charge in [-0.3, -0.25) is 15.2 Å². The van der Waals surface area contributed by atoms with Crippen LogP contribution in [0.2, 0.25) is 0 Å². The third-order valence-electron chi connectivity index (χ3n) is 3.41. The molecule has 1 amide bonds. The number of nitrogens with zero attached hydrogens (tertiary/aromatic N) is 1. The van der Waals surface area contributed by atoms with E-state index in [4.69, 9.17) is 10.4 Å². The number of hydrogen-bond donors (Lipinski definition) is 5. The summed E-state index contributed by atoms with van der Waals surface area (Å²) in [6.07, 6.45) is 0. The molecular formula is C16H18N2O7. The van der Waals surface area contributed by atoms with Gasteiger partial charge in [0.05, 0.1) is 18.4 Å². The summed E-state index contributed by atoms with van der Waals surface area (Å²) in [6.45, 7) is -0.0152. The Hall–Kier alpha value is -2.85. The van der Waals surface area contributed by atoms with E-state index in [9.17, 15) is 15.0 Å². The number of aromatic hydroxyl groups is 2. The Morgan fingerprint density at radius 3 is 2.60 bits per heavy atom. The molecule has 0 aliphatic heterocycles. The fourth-order valence-electron chi connectivity index (χ4n) is 2.11. The van der Waals surface area contributed by atoms with E-state index >= 15 is 0 Å². The molecule has 2 rings (SSSR count). The lowest BCUT2D eigenvalue weighted by molar-refractivity contribution is -0.282. The van der Waals surface area contributed by atoms with Crippen LogP contribution >= 0.6 is 0 Å². The van der Waals surface area contributed by atoms with Gasteiger partial charge in [-0.1, -0.05) is 18.2 Å². The Morgan fingerprint density at radius 1 is 1.16 bits per heavy atom. The second kappa shape index (κ2) is 8.31. The summed E-state index contributed by atoms with van der Waals surface area (Å²) in [5.74, 6) is -1.65. The van der Waals surface area contributed by atoms with Gasteiger partial charge in [-0.05, 0) is 23.8 Å². The molecule has 5 N–H and O–H groups in total. The number of carbonyl (C=O) groups excluding carboxylic acids is 1. The highest BCUT2D eigenvalue weighted by molar-refractivity contribution is 5.97. The fraction of sp³-hybridized carbons (Fsp3) is 0.188. The fourth-order valence-corrected chi connectivity index (χ4v) is 2.11. The minimum Gasteiger partial charge on any atom is -0.504 e. The molecule has 0 aromatic heterocycles. The van der Waals surface area contributed by atoms with Crippen molar-refractivity contribution in [3.63, 3.8) is 0 Å². The van der Waals surface area contributed by atoms with Crippen molar-refractivity contribution in [1.82, 2.24) is 5.32 Å². The molecule has 0 heterocycles. The van der Waals surface area contributed by atoms with Crippen LogP contribution in [0.5, 0.6) is 11.5 Å². The van der Waals surface area contributed by atoms with Gasteiger partial charge in [-0.15, -0.1) is 5.23 Å². The van der Waals surface area contributed by atoms with Crippen LogP contribution in [0.3, 0.4) is 0 Å². The lowest BCUT2D eigenvalue weighted by Gasteiger charge is -2.12. The summed E-state index contributed by atoms with van der Waals surface area (Å²) >= 11 is 0. The number of carbonyl (C=O) groups is 1. The third kappa shape index (κ3) is 4.58. The molecule has 2 aromatic rings. The van der Waals surface area contributed by atoms with Crippen LogP contribution in [0.1, 0.15) is 21.5 Å². The molecule has 0 bridgehead atoms.